The van der Waals surface area contributed by atoms with Crippen LogP contribution in [0.25, 0.3) is 11.5 Å². The van der Waals surface area contributed by atoms with Crippen LogP contribution in [0.1, 0.15) is 19.7 Å². The molecule has 1 aromatic carbocycles. The van der Waals surface area contributed by atoms with Crippen LogP contribution >= 0.6 is 27.5 Å². The van der Waals surface area contributed by atoms with E-state index in [9.17, 15) is 0 Å². The van der Waals surface area contributed by atoms with Gasteiger partial charge in [-0.1, -0.05) is 16.8 Å². The Balaban J connectivity index is 2.26. The van der Waals surface area contributed by atoms with Gasteiger partial charge in [-0.25, -0.2) is 0 Å². The topological polar surface area (TPSA) is 74.2 Å². The molecule has 108 valence electrons. The lowest BCUT2D eigenvalue weighted by Gasteiger charge is -2.19. The summed E-state index contributed by atoms with van der Waals surface area (Å²) in [7, 11) is 0. The summed E-state index contributed by atoms with van der Waals surface area (Å²) < 4.78 is 11.4. The van der Waals surface area contributed by atoms with Gasteiger partial charge in [-0.3, -0.25) is 0 Å². The molecule has 2 N–H and O–H groups in total. The third kappa shape index (κ3) is 3.38. The van der Waals surface area contributed by atoms with Crippen LogP contribution in [0.15, 0.2) is 27.2 Å². The third-order valence-electron chi connectivity index (χ3n) is 2.71. The van der Waals surface area contributed by atoms with Crippen molar-refractivity contribution in [1.29, 1.82) is 0 Å². The Bertz CT molecular complexity index is 601. The summed E-state index contributed by atoms with van der Waals surface area (Å²) in [6.45, 7) is 4.61. The Kier molecular flexibility index (Phi) is 4.80. The second-order valence-electron chi connectivity index (χ2n) is 4.61. The first kappa shape index (κ1) is 15.4. The predicted molar refractivity (Wildman–Crippen MR) is 80.5 cm³/mol. The van der Waals surface area contributed by atoms with Crippen molar-refractivity contribution < 1.29 is 9.26 Å². The molecule has 1 aromatic heterocycles. The van der Waals surface area contributed by atoms with Crippen LogP contribution in [0, 0.1) is 0 Å². The largest absolute Gasteiger partial charge is 0.379 e. The van der Waals surface area contributed by atoms with Gasteiger partial charge in [0.05, 0.1) is 11.6 Å². The average molecular weight is 361 g/mol. The van der Waals surface area contributed by atoms with Gasteiger partial charge in [0.25, 0.3) is 5.89 Å². The molecule has 0 spiro atoms. The van der Waals surface area contributed by atoms with Gasteiger partial charge >= 0.3 is 0 Å². The SMILES string of the molecule is CCOCC(C)(N)c1noc(-c2ccc(Br)c(Cl)c2)n1. The maximum absolute atomic E-state index is 6.13. The zero-order valence-electron chi connectivity index (χ0n) is 11.2. The molecular weight excluding hydrogens is 346 g/mol. The van der Waals surface area contributed by atoms with Crippen molar-refractivity contribution in [2.45, 2.75) is 19.4 Å². The first-order valence-corrected chi connectivity index (χ1v) is 7.27. The minimum atomic E-state index is -0.795. The van der Waals surface area contributed by atoms with Crippen LogP contribution in [-0.4, -0.2) is 23.4 Å². The van der Waals surface area contributed by atoms with Gasteiger partial charge in [0.1, 0.15) is 5.54 Å². The molecule has 7 heteroatoms. The van der Waals surface area contributed by atoms with Gasteiger partial charge in [-0.05, 0) is 48.0 Å². The van der Waals surface area contributed by atoms with E-state index in [-0.39, 0.29) is 0 Å². The van der Waals surface area contributed by atoms with Crippen molar-refractivity contribution >= 4 is 27.5 Å². The second-order valence-corrected chi connectivity index (χ2v) is 5.87. The Morgan fingerprint density at radius 3 is 2.90 bits per heavy atom. The van der Waals surface area contributed by atoms with Crippen molar-refractivity contribution in [2.24, 2.45) is 5.73 Å². The molecule has 2 aromatic rings. The van der Waals surface area contributed by atoms with Crippen LogP contribution in [-0.2, 0) is 10.3 Å². The molecule has 1 heterocycles. The fraction of sp³-hybridized carbons (Fsp3) is 0.385. The van der Waals surface area contributed by atoms with Crippen LogP contribution in [0.3, 0.4) is 0 Å². The van der Waals surface area contributed by atoms with Gasteiger partial charge in [-0.2, -0.15) is 4.98 Å². The molecule has 2 rings (SSSR count). The van der Waals surface area contributed by atoms with E-state index >= 15 is 0 Å². The highest BCUT2D eigenvalue weighted by molar-refractivity contribution is 9.10. The van der Waals surface area contributed by atoms with Crippen LogP contribution < -0.4 is 5.73 Å². The van der Waals surface area contributed by atoms with Crippen molar-refractivity contribution in [3.63, 3.8) is 0 Å². The van der Waals surface area contributed by atoms with E-state index in [0.29, 0.717) is 30.0 Å². The standard InChI is InChI=1S/C13H15BrClN3O2/c1-3-19-7-13(2,16)12-17-11(20-18-12)8-4-5-9(14)10(15)6-8/h4-6H,3,7,16H2,1-2H3. The van der Waals surface area contributed by atoms with E-state index in [0.717, 1.165) is 10.0 Å². The summed E-state index contributed by atoms with van der Waals surface area (Å²) in [5, 5.41) is 4.50. The lowest BCUT2D eigenvalue weighted by molar-refractivity contribution is 0.0962. The molecule has 5 nitrogen and oxygen atoms in total. The maximum atomic E-state index is 6.13. The van der Waals surface area contributed by atoms with Gasteiger partial charge in [-0.15, -0.1) is 0 Å². The van der Waals surface area contributed by atoms with Crippen molar-refractivity contribution in [3.8, 4) is 11.5 Å². The normalized spacial score (nSPS) is 14.2. The Morgan fingerprint density at radius 1 is 1.50 bits per heavy atom. The van der Waals surface area contributed by atoms with E-state index in [1.165, 1.54) is 0 Å². The quantitative estimate of drug-likeness (QED) is 0.885. The molecule has 0 saturated carbocycles. The Morgan fingerprint density at radius 2 is 2.25 bits per heavy atom. The highest BCUT2D eigenvalue weighted by Gasteiger charge is 2.28. The predicted octanol–water partition coefficient (Wildman–Crippen LogP) is 3.36. The first-order valence-electron chi connectivity index (χ1n) is 6.10. The monoisotopic (exact) mass is 359 g/mol. The van der Waals surface area contributed by atoms with E-state index in [1.54, 1.807) is 13.0 Å². The highest BCUT2D eigenvalue weighted by Crippen LogP contribution is 2.28. The highest BCUT2D eigenvalue weighted by atomic mass is 79.9. The van der Waals surface area contributed by atoms with Crippen molar-refractivity contribution in [1.82, 2.24) is 10.1 Å². The molecule has 0 fully saturated rings. The molecule has 0 radical (unpaired) electrons. The number of nitrogens with zero attached hydrogens (tertiary/aromatic N) is 2. The van der Waals surface area contributed by atoms with Crippen molar-refractivity contribution in [2.75, 3.05) is 13.2 Å². The summed E-state index contributed by atoms with van der Waals surface area (Å²) >= 11 is 9.38. The summed E-state index contributed by atoms with van der Waals surface area (Å²) in [5.41, 5.74) is 6.07. The molecule has 0 aliphatic rings. The minimum absolute atomic E-state index is 0.323. The molecule has 0 bridgehead atoms. The zero-order valence-corrected chi connectivity index (χ0v) is 13.5. The van der Waals surface area contributed by atoms with Crippen LogP contribution in [0.5, 0.6) is 0 Å². The van der Waals surface area contributed by atoms with Gasteiger partial charge in [0.2, 0.25) is 0 Å². The van der Waals surface area contributed by atoms with Crippen LogP contribution in [0.2, 0.25) is 5.02 Å². The molecule has 1 atom stereocenters. The minimum Gasteiger partial charge on any atom is -0.379 e. The number of rotatable bonds is 5. The molecule has 0 aliphatic heterocycles. The lowest BCUT2D eigenvalue weighted by atomic mass is 10.1. The van der Waals surface area contributed by atoms with Gasteiger partial charge in [0, 0.05) is 16.6 Å². The van der Waals surface area contributed by atoms with E-state index in [2.05, 4.69) is 26.1 Å². The Hall–Kier alpha value is -0.950. The fourth-order valence-corrected chi connectivity index (χ4v) is 2.01. The summed E-state index contributed by atoms with van der Waals surface area (Å²) in [5.74, 6) is 0.780. The molecule has 20 heavy (non-hydrogen) atoms. The summed E-state index contributed by atoms with van der Waals surface area (Å²) in [6, 6.07) is 5.41. The Labute approximate surface area is 130 Å². The number of benzene rings is 1. The van der Waals surface area contributed by atoms with E-state index in [4.69, 9.17) is 26.6 Å². The lowest BCUT2D eigenvalue weighted by Crippen LogP contribution is -2.39. The number of aromatic nitrogens is 2. The average Bonchev–Trinajstić information content (AvgIpc) is 2.90. The number of halogens is 2. The summed E-state index contributed by atoms with van der Waals surface area (Å²) in [6.07, 6.45) is 0. The maximum Gasteiger partial charge on any atom is 0.258 e. The summed E-state index contributed by atoms with van der Waals surface area (Å²) in [4.78, 5) is 4.32. The van der Waals surface area contributed by atoms with E-state index < -0.39 is 5.54 Å². The number of hydrogen-bond acceptors (Lipinski definition) is 5. The number of hydrogen-bond donors (Lipinski definition) is 1. The molecular formula is C13H15BrClN3O2. The second kappa shape index (κ2) is 6.22. The third-order valence-corrected chi connectivity index (χ3v) is 3.94. The fourth-order valence-electron chi connectivity index (χ4n) is 1.58. The molecule has 1 unspecified atom stereocenters. The van der Waals surface area contributed by atoms with Gasteiger partial charge < -0.3 is 15.0 Å². The van der Waals surface area contributed by atoms with Crippen molar-refractivity contribution in [3.05, 3.63) is 33.5 Å². The molecule has 0 saturated heterocycles. The molecule has 0 amide bonds. The smallest absolute Gasteiger partial charge is 0.258 e. The first-order chi connectivity index (χ1) is 9.44. The van der Waals surface area contributed by atoms with Gasteiger partial charge in [0.15, 0.2) is 5.82 Å². The number of ether oxygens (including phenoxy) is 1. The number of nitrogens with two attached hydrogens (primary N) is 1. The zero-order chi connectivity index (χ0) is 14.8. The van der Waals surface area contributed by atoms with E-state index in [1.807, 2.05) is 19.1 Å². The molecule has 0 aliphatic carbocycles. The van der Waals surface area contributed by atoms with Crippen LogP contribution in [0.4, 0.5) is 0 Å².